The van der Waals surface area contributed by atoms with Gasteiger partial charge in [0.15, 0.2) is 0 Å². The number of benzene rings is 2. The number of carbonyl (C=O) groups is 2. The van der Waals surface area contributed by atoms with Crippen LogP contribution >= 0.6 is 0 Å². The third-order valence-corrected chi connectivity index (χ3v) is 6.33. The van der Waals surface area contributed by atoms with Crippen molar-refractivity contribution in [3.05, 3.63) is 64.9 Å². The van der Waals surface area contributed by atoms with Crippen molar-refractivity contribution in [2.45, 2.75) is 47.5 Å². The van der Waals surface area contributed by atoms with Gasteiger partial charge in [-0.25, -0.2) is 4.90 Å². The molecule has 1 fully saturated rings. The molecule has 2 aliphatic heterocycles. The first kappa shape index (κ1) is 23.1. The average molecular weight is 447 g/mol. The van der Waals surface area contributed by atoms with Crippen molar-refractivity contribution in [1.82, 2.24) is 4.90 Å². The van der Waals surface area contributed by atoms with E-state index in [0.717, 1.165) is 48.4 Å². The molecule has 174 valence electrons. The predicted octanol–water partition coefficient (Wildman–Crippen LogP) is 5.35. The third-order valence-electron chi connectivity index (χ3n) is 6.33. The summed E-state index contributed by atoms with van der Waals surface area (Å²) in [7, 11) is 0. The highest BCUT2D eigenvalue weighted by Gasteiger charge is 2.43. The molecule has 0 radical (unpaired) electrons. The second-order valence-electron chi connectivity index (χ2n) is 9.74. The lowest BCUT2D eigenvalue weighted by atomic mass is 9.91. The van der Waals surface area contributed by atoms with Gasteiger partial charge >= 0.3 is 0 Å². The van der Waals surface area contributed by atoms with Crippen LogP contribution in [-0.4, -0.2) is 36.4 Å². The second kappa shape index (κ2) is 9.42. The number of imide groups is 1. The number of hydrogen-bond acceptors (Lipinski definition) is 4. The van der Waals surface area contributed by atoms with Gasteiger partial charge in [0.05, 0.1) is 17.9 Å². The van der Waals surface area contributed by atoms with Gasteiger partial charge in [-0.2, -0.15) is 0 Å². The highest BCUT2D eigenvalue weighted by molar-refractivity contribution is 6.45. The summed E-state index contributed by atoms with van der Waals surface area (Å²) in [6, 6.07) is 13.4. The van der Waals surface area contributed by atoms with Crippen molar-refractivity contribution in [2.75, 3.05) is 24.6 Å². The van der Waals surface area contributed by atoms with E-state index in [2.05, 4.69) is 25.7 Å². The van der Waals surface area contributed by atoms with Crippen LogP contribution in [0.1, 0.15) is 50.3 Å². The molecule has 0 N–H and O–H groups in total. The van der Waals surface area contributed by atoms with Gasteiger partial charge in [0.1, 0.15) is 11.4 Å². The minimum absolute atomic E-state index is 0.229. The molecule has 2 aliphatic rings. The van der Waals surface area contributed by atoms with Crippen LogP contribution in [0.2, 0.25) is 0 Å². The molecule has 0 bridgehead atoms. The smallest absolute Gasteiger partial charge is 0.282 e. The zero-order chi connectivity index (χ0) is 23.7. The Hall–Kier alpha value is -3.08. The molecular formula is C28H34N2O3. The minimum Gasteiger partial charge on any atom is -0.494 e. The predicted molar refractivity (Wildman–Crippen MR) is 132 cm³/mol. The van der Waals surface area contributed by atoms with E-state index in [1.54, 1.807) is 0 Å². The molecule has 4 rings (SSSR count). The lowest BCUT2D eigenvalue weighted by molar-refractivity contribution is -0.120. The first-order chi connectivity index (χ1) is 15.8. The van der Waals surface area contributed by atoms with E-state index in [9.17, 15) is 9.59 Å². The number of rotatable bonds is 6. The Morgan fingerprint density at radius 1 is 0.909 bits per heavy atom. The van der Waals surface area contributed by atoms with Crippen LogP contribution in [0.5, 0.6) is 5.75 Å². The molecule has 2 unspecified atom stereocenters. The molecule has 33 heavy (non-hydrogen) atoms. The van der Waals surface area contributed by atoms with Crippen molar-refractivity contribution in [3.63, 3.8) is 0 Å². The fourth-order valence-corrected chi connectivity index (χ4v) is 5.17. The van der Waals surface area contributed by atoms with Crippen molar-refractivity contribution >= 4 is 23.1 Å². The molecule has 5 heteroatoms. The summed E-state index contributed by atoms with van der Waals surface area (Å²) in [6.07, 6.45) is 2.06. The zero-order valence-corrected chi connectivity index (χ0v) is 20.4. The summed E-state index contributed by atoms with van der Waals surface area (Å²) >= 11 is 0. The summed E-state index contributed by atoms with van der Waals surface area (Å²) in [5.41, 5.74) is 4.46. The quantitative estimate of drug-likeness (QED) is 0.561. The molecule has 1 saturated heterocycles. The van der Waals surface area contributed by atoms with Gasteiger partial charge in [-0.3, -0.25) is 9.59 Å². The number of nitrogens with zero attached hydrogens (tertiary/aromatic N) is 2. The van der Waals surface area contributed by atoms with Crippen molar-refractivity contribution in [3.8, 4) is 5.75 Å². The molecule has 2 atom stereocenters. The van der Waals surface area contributed by atoms with Gasteiger partial charge in [-0.15, -0.1) is 0 Å². The maximum atomic E-state index is 13.8. The van der Waals surface area contributed by atoms with Gasteiger partial charge in [0.25, 0.3) is 11.8 Å². The van der Waals surface area contributed by atoms with E-state index in [-0.39, 0.29) is 11.8 Å². The van der Waals surface area contributed by atoms with Gasteiger partial charge in [0, 0.05) is 13.1 Å². The Kier molecular flexibility index (Phi) is 6.59. The van der Waals surface area contributed by atoms with Crippen LogP contribution in [0.25, 0.3) is 5.57 Å². The fourth-order valence-electron chi connectivity index (χ4n) is 5.17. The normalized spacial score (nSPS) is 21.2. The number of anilines is 1. The van der Waals surface area contributed by atoms with Crippen molar-refractivity contribution < 1.29 is 14.3 Å². The average Bonchev–Trinajstić information content (AvgIpc) is 3.01. The molecule has 0 saturated carbocycles. The van der Waals surface area contributed by atoms with E-state index in [1.807, 2.05) is 56.3 Å². The molecule has 2 aromatic carbocycles. The maximum Gasteiger partial charge on any atom is 0.282 e. The number of piperidine rings is 1. The lowest BCUT2D eigenvalue weighted by Gasteiger charge is -2.37. The summed E-state index contributed by atoms with van der Waals surface area (Å²) < 4.78 is 5.72. The third kappa shape index (κ3) is 4.68. The molecule has 0 aromatic heterocycles. The number of likely N-dealkylation sites (tertiary alicyclic amines) is 1. The minimum atomic E-state index is -0.256. The first-order valence-electron chi connectivity index (χ1n) is 12.0. The molecule has 0 aliphatic carbocycles. The number of aryl methyl sites for hydroxylation is 2. The summed E-state index contributed by atoms with van der Waals surface area (Å²) in [5.74, 6) is 1.21. The van der Waals surface area contributed by atoms with Crippen LogP contribution < -0.4 is 9.64 Å². The van der Waals surface area contributed by atoms with Gasteiger partial charge < -0.3 is 9.64 Å². The summed E-state index contributed by atoms with van der Waals surface area (Å²) in [4.78, 5) is 31.1. The van der Waals surface area contributed by atoms with E-state index >= 15 is 0 Å². The molecule has 2 heterocycles. The molecule has 5 nitrogen and oxygen atoms in total. The van der Waals surface area contributed by atoms with E-state index in [4.69, 9.17) is 4.74 Å². The van der Waals surface area contributed by atoms with Crippen LogP contribution in [-0.2, 0) is 9.59 Å². The first-order valence-corrected chi connectivity index (χ1v) is 12.0. The summed E-state index contributed by atoms with van der Waals surface area (Å²) in [5, 5.41) is 0. The van der Waals surface area contributed by atoms with Crippen molar-refractivity contribution in [1.29, 1.82) is 0 Å². The molecular weight excluding hydrogens is 412 g/mol. The Labute approximate surface area is 197 Å². The molecule has 2 amide bonds. The summed E-state index contributed by atoms with van der Waals surface area (Å²) in [6.45, 7) is 12.7. The van der Waals surface area contributed by atoms with Crippen LogP contribution in [0.15, 0.2) is 48.2 Å². The van der Waals surface area contributed by atoms with Gasteiger partial charge in [-0.05, 0) is 79.5 Å². The largest absolute Gasteiger partial charge is 0.494 e. The van der Waals surface area contributed by atoms with Crippen LogP contribution in [0.4, 0.5) is 5.69 Å². The topological polar surface area (TPSA) is 49.9 Å². The molecule has 2 aromatic rings. The standard InChI is InChI=1S/C28H34N2O3/c1-6-11-33-24-9-7-22(8-10-24)25-26(29-16-20(4)13-21(5)17-29)28(32)30(27(25)31)23-14-18(2)12-19(3)15-23/h7-10,12,14-15,20-21H,6,11,13,16-17H2,1-5H3. The van der Waals surface area contributed by atoms with Gasteiger partial charge in [0.2, 0.25) is 0 Å². The number of carbonyl (C=O) groups excluding carboxylic acids is 2. The zero-order valence-electron chi connectivity index (χ0n) is 20.4. The van der Waals surface area contributed by atoms with E-state index in [1.165, 1.54) is 4.90 Å². The maximum absolute atomic E-state index is 13.8. The highest BCUT2D eigenvalue weighted by Crippen LogP contribution is 2.38. The van der Waals surface area contributed by atoms with Gasteiger partial charge in [-0.1, -0.05) is 39.0 Å². The van der Waals surface area contributed by atoms with E-state index < -0.39 is 0 Å². The Balaban J connectivity index is 1.79. The van der Waals surface area contributed by atoms with Crippen molar-refractivity contribution in [2.24, 2.45) is 11.8 Å². The van der Waals surface area contributed by atoms with Crippen LogP contribution in [0, 0.1) is 25.7 Å². The van der Waals surface area contributed by atoms with Crippen LogP contribution in [0.3, 0.4) is 0 Å². The Morgan fingerprint density at radius 3 is 2.09 bits per heavy atom. The Bertz CT molecular complexity index is 1060. The number of hydrogen-bond donors (Lipinski definition) is 0. The Morgan fingerprint density at radius 2 is 1.52 bits per heavy atom. The number of amides is 2. The monoisotopic (exact) mass is 446 g/mol. The molecule has 0 spiro atoms. The number of ether oxygens (including phenoxy) is 1. The highest BCUT2D eigenvalue weighted by atomic mass is 16.5. The lowest BCUT2D eigenvalue weighted by Crippen LogP contribution is -2.42. The fraction of sp³-hybridized carbons (Fsp3) is 0.429. The van der Waals surface area contributed by atoms with E-state index in [0.29, 0.717) is 35.4 Å². The SMILES string of the molecule is CCCOc1ccc(C2=C(N3CC(C)CC(C)C3)C(=O)N(c3cc(C)cc(C)c3)C2=O)cc1. The second-order valence-corrected chi connectivity index (χ2v) is 9.74.